The molecule has 0 aliphatic carbocycles. The fourth-order valence-corrected chi connectivity index (χ4v) is 4.07. The third-order valence-electron chi connectivity index (χ3n) is 2.80. The average Bonchev–Trinajstić information content (AvgIpc) is 2.39. The van der Waals surface area contributed by atoms with E-state index in [9.17, 15) is 16.8 Å². The van der Waals surface area contributed by atoms with Gasteiger partial charge in [-0.05, 0) is 24.6 Å². The van der Waals surface area contributed by atoms with Gasteiger partial charge in [0.15, 0.2) is 0 Å². The van der Waals surface area contributed by atoms with Gasteiger partial charge in [-0.2, -0.15) is 0 Å². The van der Waals surface area contributed by atoms with Crippen LogP contribution in [0.2, 0.25) is 10.0 Å². The Bertz CT molecular complexity index is 721. The smallest absolute Gasteiger partial charge is 0.213 e. The topological polar surface area (TPSA) is 83.6 Å². The maximum atomic E-state index is 12.1. The van der Waals surface area contributed by atoms with E-state index in [1.165, 1.54) is 22.5 Å². The minimum Gasteiger partial charge on any atom is -0.213 e. The number of nitrogens with one attached hydrogen (secondary N) is 1. The number of rotatable bonds is 8. The second-order valence-electron chi connectivity index (χ2n) is 4.64. The van der Waals surface area contributed by atoms with Crippen molar-refractivity contribution in [2.75, 3.05) is 25.9 Å². The number of nitrogens with zero attached hydrogens (tertiary/aromatic N) is 1. The van der Waals surface area contributed by atoms with Gasteiger partial charge in [-0.3, -0.25) is 0 Å². The van der Waals surface area contributed by atoms with Crippen molar-refractivity contribution in [3.05, 3.63) is 28.2 Å². The molecular formula is C12H18Cl2N2O4S2. The van der Waals surface area contributed by atoms with Crippen LogP contribution in [0.25, 0.3) is 0 Å². The summed E-state index contributed by atoms with van der Waals surface area (Å²) in [6, 6.07) is 3.96. The van der Waals surface area contributed by atoms with Crippen LogP contribution in [0, 0.1) is 0 Å². The largest absolute Gasteiger partial charge is 0.240 e. The molecule has 1 aromatic rings. The molecule has 6 nitrogen and oxygen atoms in total. The SMILES string of the molecule is CCCN(CCNS(=O)(=O)c1ccc(Cl)c(Cl)c1)S(C)(=O)=O. The number of hydrogen-bond acceptors (Lipinski definition) is 4. The van der Waals surface area contributed by atoms with E-state index in [1.807, 2.05) is 6.92 Å². The first-order chi connectivity index (χ1) is 10.1. The van der Waals surface area contributed by atoms with Gasteiger partial charge < -0.3 is 0 Å². The van der Waals surface area contributed by atoms with E-state index in [1.54, 1.807) is 0 Å². The van der Waals surface area contributed by atoms with E-state index in [0.29, 0.717) is 13.0 Å². The molecule has 126 valence electrons. The molecule has 0 bridgehead atoms. The first-order valence-corrected chi connectivity index (χ1v) is 10.6. The molecule has 0 heterocycles. The molecule has 1 N–H and O–H groups in total. The molecule has 0 aliphatic heterocycles. The highest BCUT2D eigenvalue weighted by Gasteiger charge is 2.18. The average molecular weight is 389 g/mol. The van der Waals surface area contributed by atoms with E-state index >= 15 is 0 Å². The molecule has 0 radical (unpaired) electrons. The van der Waals surface area contributed by atoms with Gasteiger partial charge in [0.2, 0.25) is 20.0 Å². The first-order valence-electron chi connectivity index (χ1n) is 6.47. The van der Waals surface area contributed by atoms with E-state index < -0.39 is 20.0 Å². The molecule has 0 saturated carbocycles. The highest BCUT2D eigenvalue weighted by molar-refractivity contribution is 7.89. The Kier molecular flexibility index (Phi) is 7.10. The normalized spacial score (nSPS) is 12.8. The molecule has 0 aromatic heterocycles. The van der Waals surface area contributed by atoms with Crippen molar-refractivity contribution in [1.29, 1.82) is 0 Å². The van der Waals surface area contributed by atoms with Crippen LogP contribution in [0.4, 0.5) is 0 Å². The van der Waals surface area contributed by atoms with Crippen molar-refractivity contribution in [2.24, 2.45) is 0 Å². The van der Waals surface area contributed by atoms with Crippen LogP contribution in [-0.4, -0.2) is 47.0 Å². The first kappa shape index (κ1) is 19.7. The van der Waals surface area contributed by atoms with Gasteiger partial charge in [-0.15, -0.1) is 0 Å². The highest BCUT2D eigenvalue weighted by Crippen LogP contribution is 2.24. The van der Waals surface area contributed by atoms with Crippen molar-refractivity contribution in [3.8, 4) is 0 Å². The van der Waals surface area contributed by atoms with Gasteiger partial charge in [0.05, 0.1) is 21.2 Å². The summed E-state index contributed by atoms with van der Waals surface area (Å²) in [5.74, 6) is 0. The quantitative estimate of drug-likeness (QED) is 0.737. The van der Waals surface area contributed by atoms with Crippen LogP contribution in [-0.2, 0) is 20.0 Å². The summed E-state index contributed by atoms with van der Waals surface area (Å²) in [5, 5.41) is 0.389. The van der Waals surface area contributed by atoms with Crippen LogP contribution in [0.1, 0.15) is 13.3 Å². The molecule has 10 heteroatoms. The zero-order valence-electron chi connectivity index (χ0n) is 12.2. The summed E-state index contributed by atoms with van der Waals surface area (Å²) < 4.78 is 50.9. The lowest BCUT2D eigenvalue weighted by Gasteiger charge is -2.19. The zero-order valence-corrected chi connectivity index (χ0v) is 15.4. The van der Waals surface area contributed by atoms with Crippen LogP contribution >= 0.6 is 23.2 Å². The van der Waals surface area contributed by atoms with Gasteiger partial charge in [-0.25, -0.2) is 25.9 Å². The second kappa shape index (κ2) is 7.94. The molecule has 0 amide bonds. The summed E-state index contributed by atoms with van der Waals surface area (Å²) >= 11 is 11.5. The fourth-order valence-electron chi connectivity index (χ4n) is 1.72. The minimum atomic E-state index is -3.77. The molecule has 0 aliphatic rings. The predicted octanol–water partition coefficient (Wildman–Crippen LogP) is 1.94. The molecule has 22 heavy (non-hydrogen) atoms. The lowest BCUT2D eigenvalue weighted by molar-refractivity contribution is 0.416. The van der Waals surface area contributed by atoms with Crippen molar-refractivity contribution in [3.63, 3.8) is 0 Å². The second-order valence-corrected chi connectivity index (χ2v) is 9.20. The summed E-state index contributed by atoms with van der Waals surface area (Å²) in [5.41, 5.74) is 0. The molecule has 1 aromatic carbocycles. The van der Waals surface area contributed by atoms with E-state index in [4.69, 9.17) is 23.2 Å². The van der Waals surface area contributed by atoms with Gasteiger partial charge in [-0.1, -0.05) is 30.1 Å². The maximum Gasteiger partial charge on any atom is 0.240 e. The van der Waals surface area contributed by atoms with Crippen molar-refractivity contribution in [2.45, 2.75) is 18.2 Å². The minimum absolute atomic E-state index is 0.0247. The molecule has 0 spiro atoms. The number of benzene rings is 1. The Morgan fingerprint density at radius 3 is 2.23 bits per heavy atom. The van der Waals surface area contributed by atoms with Gasteiger partial charge in [0, 0.05) is 19.6 Å². The van der Waals surface area contributed by atoms with Gasteiger partial charge in [0.1, 0.15) is 0 Å². The number of halogens is 2. The van der Waals surface area contributed by atoms with E-state index in [-0.39, 0.29) is 28.0 Å². The van der Waals surface area contributed by atoms with Crippen LogP contribution < -0.4 is 4.72 Å². The predicted molar refractivity (Wildman–Crippen MR) is 88.4 cm³/mol. The Labute approximate surface area is 141 Å². The van der Waals surface area contributed by atoms with Crippen molar-refractivity contribution >= 4 is 43.2 Å². The van der Waals surface area contributed by atoms with Crippen LogP contribution in [0.5, 0.6) is 0 Å². The zero-order chi connectivity index (χ0) is 17.0. The molecule has 0 unspecified atom stereocenters. The molecular weight excluding hydrogens is 371 g/mol. The van der Waals surface area contributed by atoms with Crippen molar-refractivity contribution in [1.82, 2.24) is 9.03 Å². The van der Waals surface area contributed by atoms with E-state index in [2.05, 4.69) is 4.72 Å². The third kappa shape index (κ3) is 5.68. The lowest BCUT2D eigenvalue weighted by atomic mass is 10.4. The van der Waals surface area contributed by atoms with Gasteiger partial charge >= 0.3 is 0 Å². The van der Waals surface area contributed by atoms with Crippen LogP contribution in [0.15, 0.2) is 23.1 Å². The van der Waals surface area contributed by atoms with Gasteiger partial charge in [0.25, 0.3) is 0 Å². The Morgan fingerprint density at radius 2 is 1.73 bits per heavy atom. The maximum absolute atomic E-state index is 12.1. The summed E-state index contributed by atoms with van der Waals surface area (Å²) in [6.45, 7) is 2.22. The molecule has 0 atom stereocenters. The van der Waals surface area contributed by atoms with Crippen molar-refractivity contribution < 1.29 is 16.8 Å². The number of sulfonamides is 2. The standard InChI is InChI=1S/C12H18Cl2N2O4S2/c1-3-7-16(21(2,17)18)8-6-15-22(19,20)10-4-5-11(13)12(14)9-10/h4-5,9,15H,3,6-8H2,1-2H3. The molecule has 0 fully saturated rings. The monoisotopic (exact) mass is 388 g/mol. The third-order valence-corrected chi connectivity index (χ3v) is 6.30. The summed E-state index contributed by atoms with van der Waals surface area (Å²) in [4.78, 5) is -0.0247. The molecule has 0 saturated heterocycles. The number of hydrogen-bond donors (Lipinski definition) is 1. The highest BCUT2D eigenvalue weighted by atomic mass is 35.5. The Morgan fingerprint density at radius 1 is 1.09 bits per heavy atom. The Hall–Kier alpha value is -0.380. The van der Waals surface area contributed by atoms with Crippen LogP contribution in [0.3, 0.4) is 0 Å². The summed E-state index contributed by atoms with van der Waals surface area (Å²) in [7, 11) is -7.13. The lowest BCUT2D eigenvalue weighted by Crippen LogP contribution is -2.38. The summed E-state index contributed by atoms with van der Waals surface area (Å²) in [6.07, 6.45) is 1.74. The molecule has 1 rings (SSSR count). The van der Waals surface area contributed by atoms with E-state index in [0.717, 1.165) is 6.26 Å². The Balaban J connectivity index is 2.75. The fraction of sp³-hybridized carbons (Fsp3) is 0.500.